The van der Waals surface area contributed by atoms with E-state index in [0.29, 0.717) is 18.2 Å². The van der Waals surface area contributed by atoms with Gasteiger partial charge in [-0.05, 0) is 50.3 Å². The van der Waals surface area contributed by atoms with Crippen molar-refractivity contribution in [1.29, 1.82) is 0 Å². The highest BCUT2D eigenvalue weighted by atomic mass is 16.4. The molecule has 5 nitrogen and oxygen atoms in total. The summed E-state index contributed by atoms with van der Waals surface area (Å²) in [5.74, 6) is -0.0402. The molecule has 5 heteroatoms. The van der Waals surface area contributed by atoms with Gasteiger partial charge in [-0.25, -0.2) is 9.78 Å². The van der Waals surface area contributed by atoms with Crippen LogP contribution in [0.15, 0.2) is 60.9 Å². The Labute approximate surface area is 153 Å². The minimum Gasteiger partial charge on any atom is -0.478 e. The average Bonchev–Trinajstić information content (AvgIpc) is 3.09. The monoisotopic (exact) mass is 349 g/mol. The molecule has 0 aliphatic rings. The zero-order valence-corrected chi connectivity index (χ0v) is 15.3. The fraction of sp³-hybridized carbons (Fsp3) is 0.238. The minimum absolute atomic E-state index is 0.297. The normalized spacial score (nSPS) is 12.3. The Kier molecular flexibility index (Phi) is 5.19. The first-order chi connectivity index (χ1) is 12.5. The van der Waals surface area contributed by atoms with E-state index in [4.69, 9.17) is 0 Å². The number of carbonyl (C=O) groups is 1. The van der Waals surface area contributed by atoms with E-state index in [1.807, 2.05) is 16.8 Å². The van der Waals surface area contributed by atoms with Gasteiger partial charge in [0.15, 0.2) is 0 Å². The highest BCUT2D eigenvalue weighted by Crippen LogP contribution is 2.24. The van der Waals surface area contributed by atoms with Crippen LogP contribution in [0, 0.1) is 0 Å². The molecular formula is C21H23N3O2. The predicted molar refractivity (Wildman–Crippen MR) is 102 cm³/mol. The van der Waals surface area contributed by atoms with Gasteiger partial charge in [0.25, 0.3) is 0 Å². The molecule has 0 aliphatic carbocycles. The number of aromatic nitrogens is 2. The summed E-state index contributed by atoms with van der Waals surface area (Å²) in [6.07, 6.45) is 3.70. The van der Waals surface area contributed by atoms with Crippen molar-refractivity contribution in [2.45, 2.75) is 19.5 Å². The lowest BCUT2D eigenvalue weighted by atomic mass is 10.0. The summed E-state index contributed by atoms with van der Waals surface area (Å²) in [4.78, 5) is 17.9. The summed E-state index contributed by atoms with van der Waals surface area (Å²) in [6, 6.07) is 15.7. The second kappa shape index (κ2) is 7.54. The van der Waals surface area contributed by atoms with E-state index in [1.165, 1.54) is 5.56 Å². The molecule has 0 spiro atoms. The predicted octanol–water partition coefficient (Wildman–Crippen LogP) is 3.92. The summed E-state index contributed by atoms with van der Waals surface area (Å²) >= 11 is 0. The topological polar surface area (TPSA) is 58.4 Å². The molecule has 0 bridgehead atoms. The van der Waals surface area contributed by atoms with E-state index in [9.17, 15) is 9.90 Å². The molecule has 3 rings (SSSR count). The Bertz CT molecular complexity index is 915. The van der Waals surface area contributed by atoms with Crippen LogP contribution in [-0.4, -0.2) is 39.6 Å². The van der Waals surface area contributed by atoms with Crippen LogP contribution in [-0.2, 0) is 6.54 Å². The molecule has 3 aromatic rings. The number of hydrogen-bond donors (Lipinski definition) is 1. The summed E-state index contributed by atoms with van der Waals surface area (Å²) in [5.41, 5.74) is 3.51. The van der Waals surface area contributed by atoms with Gasteiger partial charge in [0.2, 0.25) is 0 Å². The second-order valence-electron chi connectivity index (χ2n) is 6.65. The van der Waals surface area contributed by atoms with E-state index < -0.39 is 5.97 Å². The first-order valence-corrected chi connectivity index (χ1v) is 8.56. The first-order valence-electron chi connectivity index (χ1n) is 8.56. The van der Waals surface area contributed by atoms with E-state index in [1.54, 1.807) is 24.4 Å². The molecular weight excluding hydrogens is 326 g/mol. The van der Waals surface area contributed by atoms with Crippen LogP contribution in [0.5, 0.6) is 0 Å². The van der Waals surface area contributed by atoms with Crippen molar-refractivity contribution in [3.8, 4) is 11.4 Å². The van der Waals surface area contributed by atoms with Crippen LogP contribution in [0.3, 0.4) is 0 Å². The number of nitrogens with zero attached hydrogens (tertiary/aromatic N) is 3. The maximum atomic E-state index is 11.2. The standard InChI is InChI=1S/C21H23N3O2/c1-15(23(2)3)17-7-5-8-18(13-17)20-22-10-11-24(20)14-16-6-4-9-19(12-16)21(25)26/h4-13,15H,14H2,1-3H3,(H,25,26)/t15-/m0/s1. The molecule has 0 unspecified atom stereocenters. The Morgan fingerprint density at radius 1 is 1.19 bits per heavy atom. The lowest BCUT2D eigenvalue weighted by Gasteiger charge is -2.20. The molecule has 1 aromatic heterocycles. The second-order valence-corrected chi connectivity index (χ2v) is 6.65. The Hall–Kier alpha value is -2.92. The summed E-state index contributed by atoms with van der Waals surface area (Å²) in [7, 11) is 4.13. The van der Waals surface area contributed by atoms with Crippen LogP contribution < -0.4 is 0 Å². The Balaban J connectivity index is 1.91. The molecule has 0 saturated heterocycles. The zero-order valence-electron chi connectivity index (χ0n) is 15.3. The summed E-state index contributed by atoms with van der Waals surface area (Å²) in [5, 5.41) is 9.17. The average molecular weight is 349 g/mol. The SMILES string of the molecule is C[C@@H](c1cccc(-c2nccn2Cc2cccc(C(=O)O)c2)c1)N(C)C. The van der Waals surface area contributed by atoms with Crippen LogP contribution in [0.2, 0.25) is 0 Å². The van der Waals surface area contributed by atoms with E-state index in [2.05, 4.69) is 55.2 Å². The Morgan fingerprint density at radius 2 is 1.96 bits per heavy atom. The summed E-state index contributed by atoms with van der Waals surface area (Å²) < 4.78 is 2.04. The molecule has 0 radical (unpaired) electrons. The van der Waals surface area contributed by atoms with Crippen LogP contribution >= 0.6 is 0 Å². The summed E-state index contributed by atoms with van der Waals surface area (Å²) in [6.45, 7) is 2.74. The molecule has 0 fully saturated rings. The molecule has 1 heterocycles. The van der Waals surface area contributed by atoms with Gasteiger partial charge in [0.05, 0.1) is 5.56 Å². The van der Waals surface area contributed by atoms with Gasteiger partial charge in [-0.15, -0.1) is 0 Å². The number of carboxylic acids is 1. The highest BCUT2D eigenvalue weighted by Gasteiger charge is 2.12. The smallest absolute Gasteiger partial charge is 0.335 e. The lowest BCUT2D eigenvalue weighted by molar-refractivity contribution is 0.0696. The maximum Gasteiger partial charge on any atom is 0.335 e. The Morgan fingerprint density at radius 3 is 2.69 bits per heavy atom. The minimum atomic E-state index is -0.914. The quantitative estimate of drug-likeness (QED) is 0.733. The van der Waals surface area contributed by atoms with Crippen molar-refractivity contribution in [2.75, 3.05) is 14.1 Å². The highest BCUT2D eigenvalue weighted by molar-refractivity contribution is 5.87. The fourth-order valence-electron chi connectivity index (χ4n) is 2.93. The third-order valence-electron chi connectivity index (χ3n) is 4.64. The van der Waals surface area contributed by atoms with E-state index >= 15 is 0 Å². The molecule has 26 heavy (non-hydrogen) atoms. The van der Waals surface area contributed by atoms with Gasteiger partial charge in [0.1, 0.15) is 5.82 Å². The van der Waals surface area contributed by atoms with Crippen molar-refractivity contribution in [3.63, 3.8) is 0 Å². The van der Waals surface area contributed by atoms with Crippen molar-refractivity contribution in [2.24, 2.45) is 0 Å². The molecule has 0 aliphatic heterocycles. The maximum absolute atomic E-state index is 11.2. The van der Waals surface area contributed by atoms with Gasteiger partial charge in [-0.2, -0.15) is 0 Å². The van der Waals surface area contributed by atoms with Crippen molar-refractivity contribution < 1.29 is 9.90 Å². The zero-order chi connectivity index (χ0) is 18.7. The first kappa shape index (κ1) is 17.9. The molecule has 2 aromatic carbocycles. The lowest BCUT2D eigenvalue weighted by Crippen LogP contribution is -2.16. The van der Waals surface area contributed by atoms with Gasteiger partial charge in [-0.1, -0.05) is 30.3 Å². The van der Waals surface area contributed by atoms with Crippen molar-refractivity contribution >= 4 is 5.97 Å². The van der Waals surface area contributed by atoms with Crippen molar-refractivity contribution in [3.05, 3.63) is 77.6 Å². The third-order valence-corrected chi connectivity index (χ3v) is 4.64. The number of aromatic carboxylic acids is 1. The molecule has 1 N–H and O–H groups in total. The molecule has 0 saturated carbocycles. The van der Waals surface area contributed by atoms with E-state index in [0.717, 1.165) is 17.0 Å². The van der Waals surface area contributed by atoms with Crippen LogP contribution in [0.4, 0.5) is 0 Å². The third kappa shape index (κ3) is 3.83. The van der Waals surface area contributed by atoms with Crippen molar-refractivity contribution in [1.82, 2.24) is 14.5 Å². The molecule has 1 atom stereocenters. The largest absolute Gasteiger partial charge is 0.478 e. The molecule has 0 amide bonds. The number of hydrogen-bond acceptors (Lipinski definition) is 3. The van der Waals surface area contributed by atoms with Gasteiger partial charge < -0.3 is 14.6 Å². The van der Waals surface area contributed by atoms with Gasteiger partial charge >= 0.3 is 5.97 Å². The van der Waals surface area contributed by atoms with Gasteiger partial charge in [0, 0.05) is 30.5 Å². The number of benzene rings is 2. The van der Waals surface area contributed by atoms with Crippen LogP contribution in [0.1, 0.15) is 34.5 Å². The number of imidazole rings is 1. The molecule has 134 valence electrons. The van der Waals surface area contributed by atoms with E-state index in [-0.39, 0.29) is 0 Å². The number of carboxylic acid groups (broad SMARTS) is 1. The van der Waals surface area contributed by atoms with Crippen LogP contribution in [0.25, 0.3) is 11.4 Å². The fourth-order valence-corrected chi connectivity index (χ4v) is 2.93. The number of rotatable bonds is 6. The van der Waals surface area contributed by atoms with Gasteiger partial charge in [-0.3, -0.25) is 0 Å².